The van der Waals surface area contributed by atoms with E-state index in [9.17, 15) is 9.59 Å². The Morgan fingerprint density at radius 1 is 1.21 bits per heavy atom. The lowest BCUT2D eigenvalue weighted by Crippen LogP contribution is -2.50. The van der Waals surface area contributed by atoms with E-state index in [1.54, 1.807) is 13.0 Å². The quantitative estimate of drug-likeness (QED) is 0.335. The molecular weight excluding hydrogens is 483 g/mol. The molecule has 2 aromatic heterocycles. The minimum absolute atomic E-state index is 0.112. The molecule has 2 atom stereocenters. The standard InChI is InChI=1S/C21H28Cl2N8O3/c1-11-16(22)17(23)18(26-11)19(32)12-3-6-31(14(24)9-12)15-10-13(20(33)29-34-2)27-21(28-15)30-7-4-25-5-8-30/h10,12,14,25-26H,3-9,24H2,1-2H3,(H,29,33). The number of aryl methyl sites for hydroxylation is 1. The van der Waals surface area contributed by atoms with E-state index in [-0.39, 0.29) is 22.4 Å². The summed E-state index contributed by atoms with van der Waals surface area (Å²) in [5, 5.41) is 3.88. The molecule has 2 saturated heterocycles. The van der Waals surface area contributed by atoms with Gasteiger partial charge in [0.15, 0.2) is 5.78 Å². The van der Waals surface area contributed by atoms with Gasteiger partial charge in [-0.3, -0.25) is 14.4 Å². The number of nitrogens with zero attached hydrogens (tertiary/aromatic N) is 4. The fourth-order valence-corrected chi connectivity index (χ4v) is 4.73. The Bertz CT molecular complexity index is 1070. The molecule has 1 amide bonds. The smallest absolute Gasteiger partial charge is 0.293 e. The van der Waals surface area contributed by atoms with E-state index < -0.39 is 12.1 Å². The van der Waals surface area contributed by atoms with Gasteiger partial charge in [0, 0.05) is 50.4 Å². The van der Waals surface area contributed by atoms with Crippen molar-refractivity contribution in [1.82, 2.24) is 25.7 Å². The highest BCUT2D eigenvalue weighted by Crippen LogP contribution is 2.34. The largest absolute Gasteiger partial charge is 0.354 e. The van der Waals surface area contributed by atoms with Crippen molar-refractivity contribution in [2.24, 2.45) is 11.7 Å². The fraction of sp³-hybridized carbons (Fsp3) is 0.524. The van der Waals surface area contributed by atoms with Gasteiger partial charge in [-0.25, -0.2) is 10.5 Å². The number of carbonyl (C=O) groups excluding carboxylic acids is 2. The molecule has 0 saturated carbocycles. The van der Waals surface area contributed by atoms with Crippen LogP contribution in [0.25, 0.3) is 0 Å². The molecule has 0 bridgehead atoms. The minimum atomic E-state index is -0.489. The summed E-state index contributed by atoms with van der Waals surface area (Å²) in [6, 6.07) is 1.59. The highest BCUT2D eigenvalue weighted by atomic mass is 35.5. The Morgan fingerprint density at radius 2 is 1.94 bits per heavy atom. The number of aromatic amines is 1. The molecule has 34 heavy (non-hydrogen) atoms. The number of ketones is 1. The predicted molar refractivity (Wildman–Crippen MR) is 130 cm³/mol. The van der Waals surface area contributed by atoms with E-state index in [0.717, 1.165) is 26.2 Å². The third-order valence-electron chi connectivity index (χ3n) is 6.14. The van der Waals surface area contributed by atoms with Crippen LogP contribution >= 0.6 is 23.2 Å². The van der Waals surface area contributed by atoms with E-state index in [4.69, 9.17) is 38.8 Å². The molecule has 2 aliphatic rings. The molecule has 0 aromatic carbocycles. The number of halogens is 2. The average Bonchev–Trinajstić information content (AvgIpc) is 3.11. The summed E-state index contributed by atoms with van der Waals surface area (Å²) in [6.45, 7) is 5.27. The van der Waals surface area contributed by atoms with Gasteiger partial charge >= 0.3 is 0 Å². The number of hydrogen-bond acceptors (Lipinski definition) is 9. The second-order valence-corrected chi connectivity index (χ2v) is 9.14. The number of H-pyrrole nitrogens is 1. The monoisotopic (exact) mass is 510 g/mol. The molecule has 2 fully saturated rings. The van der Waals surface area contributed by atoms with Gasteiger partial charge in [-0.1, -0.05) is 23.2 Å². The highest BCUT2D eigenvalue weighted by molar-refractivity contribution is 6.44. The number of amides is 1. The number of piperidine rings is 1. The number of anilines is 2. The van der Waals surface area contributed by atoms with Crippen LogP contribution in [0.3, 0.4) is 0 Å². The van der Waals surface area contributed by atoms with Crippen molar-refractivity contribution in [1.29, 1.82) is 0 Å². The van der Waals surface area contributed by atoms with Gasteiger partial charge in [0.1, 0.15) is 17.2 Å². The van der Waals surface area contributed by atoms with Crippen LogP contribution in [-0.4, -0.2) is 72.6 Å². The number of carbonyl (C=O) groups is 2. The third kappa shape index (κ3) is 4.98. The summed E-state index contributed by atoms with van der Waals surface area (Å²) in [5.74, 6) is 0.0757. The summed E-state index contributed by atoms with van der Waals surface area (Å²) in [7, 11) is 1.36. The Kier molecular flexibility index (Phi) is 7.58. The van der Waals surface area contributed by atoms with Crippen LogP contribution in [0, 0.1) is 12.8 Å². The van der Waals surface area contributed by atoms with Gasteiger partial charge < -0.3 is 25.8 Å². The van der Waals surface area contributed by atoms with Gasteiger partial charge in [0.05, 0.1) is 23.3 Å². The lowest BCUT2D eigenvalue weighted by Gasteiger charge is -2.38. The maximum atomic E-state index is 13.1. The topological polar surface area (TPSA) is 142 Å². The van der Waals surface area contributed by atoms with Crippen molar-refractivity contribution < 1.29 is 14.4 Å². The van der Waals surface area contributed by atoms with E-state index in [0.29, 0.717) is 47.6 Å². The summed E-state index contributed by atoms with van der Waals surface area (Å²) < 4.78 is 0. The Balaban J connectivity index is 1.56. The predicted octanol–water partition coefficient (Wildman–Crippen LogP) is 1.50. The van der Waals surface area contributed by atoms with Gasteiger partial charge in [0.2, 0.25) is 5.95 Å². The minimum Gasteiger partial charge on any atom is -0.354 e. The summed E-state index contributed by atoms with van der Waals surface area (Å²) in [4.78, 5) is 46.4. The van der Waals surface area contributed by atoms with Crippen LogP contribution in [0.5, 0.6) is 0 Å². The first kappa shape index (κ1) is 24.7. The lowest BCUT2D eigenvalue weighted by atomic mass is 9.89. The van der Waals surface area contributed by atoms with Crippen LogP contribution < -0.4 is 26.3 Å². The van der Waals surface area contributed by atoms with E-state index in [1.165, 1.54) is 7.11 Å². The zero-order chi connectivity index (χ0) is 24.4. The third-order valence-corrected chi connectivity index (χ3v) is 7.09. The highest BCUT2D eigenvalue weighted by Gasteiger charge is 2.34. The molecule has 0 spiro atoms. The van der Waals surface area contributed by atoms with Crippen LogP contribution in [0.1, 0.15) is 39.5 Å². The number of hydrogen-bond donors (Lipinski definition) is 4. The number of Topliss-reactive ketones (excluding diaryl/α,β-unsaturated/α-hetero) is 1. The average molecular weight is 511 g/mol. The molecule has 4 heterocycles. The maximum Gasteiger partial charge on any atom is 0.293 e. The Hall–Kier alpha value is -2.44. The second-order valence-electron chi connectivity index (χ2n) is 8.38. The van der Waals surface area contributed by atoms with Crippen molar-refractivity contribution >= 4 is 46.7 Å². The van der Waals surface area contributed by atoms with Crippen molar-refractivity contribution in [3.63, 3.8) is 0 Å². The SMILES string of the molecule is CONC(=O)c1cc(N2CCC(C(=O)c3[nH]c(C)c(Cl)c3Cl)CC2N)nc(N2CCNCC2)n1. The van der Waals surface area contributed by atoms with Crippen molar-refractivity contribution in [3.8, 4) is 0 Å². The molecule has 2 aliphatic heterocycles. The maximum absolute atomic E-state index is 13.1. The molecule has 0 radical (unpaired) electrons. The van der Waals surface area contributed by atoms with Crippen LogP contribution in [0.2, 0.25) is 10.0 Å². The molecule has 184 valence electrons. The van der Waals surface area contributed by atoms with E-state index in [2.05, 4.69) is 20.8 Å². The Labute approximate surface area is 207 Å². The van der Waals surface area contributed by atoms with Crippen molar-refractivity contribution in [3.05, 3.63) is 33.2 Å². The van der Waals surface area contributed by atoms with Crippen molar-refractivity contribution in [2.75, 3.05) is 49.6 Å². The summed E-state index contributed by atoms with van der Waals surface area (Å²) in [5.41, 5.74) is 9.95. The van der Waals surface area contributed by atoms with Crippen molar-refractivity contribution in [2.45, 2.75) is 25.9 Å². The van der Waals surface area contributed by atoms with Gasteiger partial charge in [-0.05, 0) is 19.8 Å². The molecule has 13 heteroatoms. The first-order chi connectivity index (χ1) is 16.3. The van der Waals surface area contributed by atoms with Crippen LogP contribution in [-0.2, 0) is 4.84 Å². The first-order valence-electron chi connectivity index (χ1n) is 11.1. The fourth-order valence-electron chi connectivity index (χ4n) is 4.30. The molecule has 5 N–H and O–H groups in total. The molecule has 0 aliphatic carbocycles. The summed E-state index contributed by atoms with van der Waals surface area (Å²) >= 11 is 12.4. The number of piperazine rings is 1. The molecule has 4 rings (SSSR count). The zero-order valence-corrected chi connectivity index (χ0v) is 20.5. The first-order valence-corrected chi connectivity index (χ1v) is 11.8. The second kappa shape index (κ2) is 10.4. The zero-order valence-electron chi connectivity index (χ0n) is 19.0. The molecule has 2 unspecified atom stereocenters. The number of hydroxylamine groups is 1. The molecule has 2 aromatic rings. The molecular formula is C21H28Cl2N8O3. The van der Waals surface area contributed by atoms with Gasteiger partial charge in [0.25, 0.3) is 5.91 Å². The van der Waals surface area contributed by atoms with E-state index in [1.807, 2.05) is 9.80 Å². The Morgan fingerprint density at radius 3 is 2.56 bits per heavy atom. The van der Waals surface area contributed by atoms with Gasteiger partial charge in [-0.2, -0.15) is 4.98 Å². The lowest BCUT2D eigenvalue weighted by molar-refractivity contribution is 0.0532. The normalized spacial score (nSPS) is 21.0. The van der Waals surface area contributed by atoms with Crippen LogP contribution in [0.4, 0.5) is 11.8 Å². The number of rotatable bonds is 6. The number of nitrogens with two attached hydrogens (primary N) is 1. The molecule has 11 nitrogen and oxygen atoms in total. The summed E-state index contributed by atoms with van der Waals surface area (Å²) in [6.07, 6.45) is 0.458. The van der Waals surface area contributed by atoms with Crippen LogP contribution in [0.15, 0.2) is 6.07 Å². The number of nitrogens with one attached hydrogen (secondary N) is 3. The van der Waals surface area contributed by atoms with E-state index >= 15 is 0 Å². The van der Waals surface area contributed by atoms with Gasteiger partial charge in [-0.15, -0.1) is 0 Å². The number of aromatic nitrogens is 3.